The normalized spacial score (nSPS) is 11.7. The number of methoxy groups -OCH3 is 1. The van der Waals surface area contributed by atoms with Crippen molar-refractivity contribution >= 4 is 46.6 Å². The van der Waals surface area contributed by atoms with E-state index in [0.29, 0.717) is 17.0 Å². The summed E-state index contributed by atoms with van der Waals surface area (Å²) in [7, 11) is 1.27. The van der Waals surface area contributed by atoms with Crippen LogP contribution in [-0.4, -0.2) is 41.1 Å². The Hall–Kier alpha value is -1.54. The molecule has 110 valence electrons. The lowest BCUT2D eigenvalue weighted by molar-refractivity contribution is -0.136. The summed E-state index contributed by atoms with van der Waals surface area (Å²) in [6.45, 7) is 1.75. The third-order valence-electron chi connectivity index (χ3n) is 2.37. The lowest BCUT2D eigenvalue weighted by Gasteiger charge is -2.09. The van der Waals surface area contributed by atoms with Gasteiger partial charge in [0.1, 0.15) is 10.1 Å². The number of ether oxygens (including phenoxy) is 1. The summed E-state index contributed by atoms with van der Waals surface area (Å²) in [5.41, 5.74) is 0.385. The van der Waals surface area contributed by atoms with Gasteiger partial charge in [-0.05, 0) is 17.9 Å². The molecule has 1 aromatic heterocycles. The van der Waals surface area contributed by atoms with Crippen LogP contribution in [-0.2, 0) is 14.3 Å². The molecule has 0 spiro atoms. The summed E-state index contributed by atoms with van der Waals surface area (Å²) in [6, 6.07) is 1.61. The van der Waals surface area contributed by atoms with E-state index in [1.165, 1.54) is 18.4 Å². The number of nitrogens with one attached hydrogen (secondary N) is 1. The number of carboxylic acid groups (broad SMARTS) is 1. The third-order valence-corrected chi connectivity index (χ3v) is 4.63. The minimum Gasteiger partial charge on any atom is -0.480 e. The second kappa shape index (κ2) is 7.91. The summed E-state index contributed by atoms with van der Waals surface area (Å²) in [5, 5.41) is 12.5. The second-order valence-corrected chi connectivity index (χ2v) is 5.86. The van der Waals surface area contributed by atoms with Crippen LogP contribution >= 0.6 is 23.1 Å². The van der Waals surface area contributed by atoms with E-state index in [-0.39, 0.29) is 11.7 Å². The monoisotopic (exact) mass is 317 g/mol. The van der Waals surface area contributed by atoms with Gasteiger partial charge in [0.25, 0.3) is 0 Å². The fourth-order valence-electron chi connectivity index (χ4n) is 1.38. The number of carbonyl (C=O) groups excluding carboxylic acids is 2. The van der Waals surface area contributed by atoms with Gasteiger partial charge in [-0.1, -0.05) is 6.92 Å². The Morgan fingerprint density at radius 1 is 1.50 bits per heavy atom. The number of thioether (sulfide) groups is 1. The lowest BCUT2D eigenvalue weighted by Crippen LogP contribution is -2.21. The maximum Gasteiger partial charge on any atom is 0.350 e. The van der Waals surface area contributed by atoms with Crippen LogP contribution < -0.4 is 5.32 Å². The van der Waals surface area contributed by atoms with Crippen LogP contribution in [0.5, 0.6) is 0 Å². The first-order valence-electron chi connectivity index (χ1n) is 5.79. The van der Waals surface area contributed by atoms with Crippen molar-refractivity contribution in [3.05, 3.63) is 16.3 Å². The number of amides is 1. The molecule has 0 saturated heterocycles. The Labute approximate surface area is 124 Å². The SMILES string of the molecule is CCC(SCC(=O)Nc1ccsc1C(=O)OC)C(=O)O. The smallest absolute Gasteiger partial charge is 0.350 e. The van der Waals surface area contributed by atoms with E-state index >= 15 is 0 Å². The summed E-state index contributed by atoms with van der Waals surface area (Å²) in [5.74, 6) is -1.78. The molecular formula is C12H15NO5S2. The quantitative estimate of drug-likeness (QED) is 0.748. The molecule has 20 heavy (non-hydrogen) atoms. The molecule has 6 nitrogen and oxygen atoms in total. The molecule has 1 rings (SSSR count). The Bertz CT molecular complexity index is 500. The molecule has 0 fully saturated rings. The number of hydrogen-bond acceptors (Lipinski definition) is 6. The number of rotatable bonds is 7. The first-order valence-corrected chi connectivity index (χ1v) is 7.72. The van der Waals surface area contributed by atoms with Crippen molar-refractivity contribution in [2.75, 3.05) is 18.2 Å². The highest BCUT2D eigenvalue weighted by molar-refractivity contribution is 8.01. The van der Waals surface area contributed by atoms with Gasteiger partial charge in [0, 0.05) is 0 Å². The van der Waals surface area contributed by atoms with Gasteiger partial charge in [0.05, 0.1) is 18.6 Å². The molecule has 1 aromatic rings. The molecule has 0 aliphatic heterocycles. The average Bonchev–Trinajstić information content (AvgIpc) is 2.86. The van der Waals surface area contributed by atoms with Crippen LogP contribution in [0, 0.1) is 0 Å². The van der Waals surface area contributed by atoms with Crippen molar-refractivity contribution in [2.45, 2.75) is 18.6 Å². The van der Waals surface area contributed by atoms with Crippen molar-refractivity contribution in [1.82, 2.24) is 0 Å². The van der Waals surface area contributed by atoms with E-state index in [0.717, 1.165) is 11.8 Å². The number of esters is 1. The van der Waals surface area contributed by atoms with Crippen LogP contribution in [0.4, 0.5) is 5.69 Å². The van der Waals surface area contributed by atoms with Gasteiger partial charge in [-0.2, -0.15) is 0 Å². The molecule has 2 N–H and O–H groups in total. The predicted octanol–water partition coefficient (Wildman–Crippen LogP) is 2.07. The standard InChI is InChI=1S/C12H15NO5S2/c1-3-8(11(15)16)20-6-9(14)13-7-4-5-19-10(7)12(17)18-2/h4-5,8H,3,6H2,1-2H3,(H,13,14)(H,15,16). The first kappa shape index (κ1) is 16.5. The van der Waals surface area contributed by atoms with Gasteiger partial charge in [-0.3, -0.25) is 9.59 Å². The fourth-order valence-corrected chi connectivity index (χ4v) is 2.95. The van der Waals surface area contributed by atoms with Gasteiger partial charge in [-0.15, -0.1) is 23.1 Å². The Balaban J connectivity index is 2.57. The zero-order chi connectivity index (χ0) is 15.1. The maximum atomic E-state index is 11.7. The second-order valence-electron chi connectivity index (χ2n) is 3.75. The molecule has 0 radical (unpaired) electrons. The summed E-state index contributed by atoms with van der Waals surface area (Å²) < 4.78 is 4.60. The zero-order valence-corrected chi connectivity index (χ0v) is 12.7. The van der Waals surface area contributed by atoms with Crippen molar-refractivity contribution in [3.63, 3.8) is 0 Å². The Kier molecular flexibility index (Phi) is 6.53. The topological polar surface area (TPSA) is 92.7 Å². The van der Waals surface area contributed by atoms with E-state index < -0.39 is 17.2 Å². The zero-order valence-electron chi connectivity index (χ0n) is 11.0. The number of hydrogen-bond donors (Lipinski definition) is 2. The van der Waals surface area contributed by atoms with Crippen LogP contribution in [0.3, 0.4) is 0 Å². The van der Waals surface area contributed by atoms with Crippen LogP contribution in [0.25, 0.3) is 0 Å². The minimum atomic E-state index is -0.934. The van der Waals surface area contributed by atoms with E-state index in [1.54, 1.807) is 18.4 Å². The van der Waals surface area contributed by atoms with E-state index in [4.69, 9.17) is 5.11 Å². The van der Waals surface area contributed by atoms with E-state index in [9.17, 15) is 14.4 Å². The highest BCUT2D eigenvalue weighted by Gasteiger charge is 2.19. The molecule has 8 heteroatoms. The first-order chi connectivity index (χ1) is 9.49. The van der Waals surface area contributed by atoms with Gasteiger partial charge in [0.2, 0.25) is 5.91 Å². The lowest BCUT2D eigenvalue weighted by atomic mass is 10.3. The maximum absolute atomic E-state index is 11.7. The number of anilines is 1. The molecule has 1 amide bonds. The predicted molar refractivity (Wildman–Crippen MR) is 78.5 cm³/mol. The largest absolute Gasteiger partial charge is 0.480 e. The Morgan fingerprint density at radius 3 is 2.75 bits per heavy atom. The number of carbonyl (C=O) groups is 3. The third kappa shape index (κ3) is 4.53. The van der Waals surface area contributed by atoms with E-state index in [2.05, 4.69) is 10.1 Å². The summed E-state index contributed by atoms with van der Waals surface area (Å²) in [4.78, 5) is 34.3. The highest BCUT2D eigenvalue weighted by Crippen LogP contribution is 2.23. The molecule has 0 saturated carbocycles. The molecule has 1 heterocycles. The van der Waals surface area contributed by atoms with Gasteiger partial charge in [0.15, 0.2) is 0 Å². The van der Waals surface area contributed by atoms with Crippen LogP contribution in [0.1, 0.15) is 23.0 Å². The number of carboxylic acids is 1. The average molecular weight is 317 g/mol. The molecule has 1 atom stereocenters. The molecule has 0 aromatic carbocycles. The molecule has 0 bridgehead atoms. The molecule has 0 aliphatic carbocycles. The molecule has 0 aliphatic rings. The van der Waals surface area contributed by atoms with Gasteiger partial charge >= 0.3 is 11.9 Å². The van der Waals surface area contributed by atoms with Crippen molar-refractivity contribution in [3.8, 4) is 0 Å². The Morgan fingerprint density at radius 2 is 2.20 bits per heavy atom. The number of aliphatic carboxylic acids is 1. The highest BCUT2D eigenvalue weighted by atomic mass is 32.2. The van der Waals surface area contributed by atoms with Crippen LogP contribution in [0.15, 0.2) is 11.4 Å². The van der Waals surface area contributed by atoms with Crippen molar-refractivity contribution < 1.29 is 24.2 Å². The van der Waals surface area contributed by atoms with Gasteiger partial charge < -0.3 is 15.2 Å². The fraction of sp³-hybridized carbons (Fsp3) is 0.417. The molecule has 1 unspecified atom stereocenters. The summed E-state index contributed by atoms with van der Waals surface area (Å²) in [6.07, 6.45) is 0.444. The van der Waals surface area contributed by atoms with Crippen molar-refractivity contribution in [1.29, 1.82) is 0 Å². The van der Waals surface area contributed by atoms with Crippen LogP contribution in [0.2, 0.25) is 0 Å². The van der Waals surface area contributed by atoms with Crippen molar-refractivity contribution in [2.24, 2.45) is 0 Å². The summed E-state index contributed by atoms with van der Waals surface area (Å²) >= 11 is 2.22. The van der Waals surface area contributed by atoms with Gasteiger partial charge in [-0.25, -0.2) is 4.79 Å². The minimum absolute atomic E-state index is 0.0151. The molecular weight excluding hydrogens is 302 g/mol. The number of thiophene rings is 1. The van der Waals surface area contributed by atoms with E-state index in [1.807, 2.05) is 0 Å².